The first-order chi connectivity index (χ1) is 10.0. The first kappa shape index (κ1) is 13.2. The maximum Gasteiger partial charge on any atom is 0.422 e. The molecule has 1 aromatic heterocycles. The zero-order chi connectivity index (χ0) is 15.0. The minimum absolute atomic E-state index is 0.0994. The zero-order valence-electron chi connectivity index (χ0n) is 10.7. The molecule has 0 aliphatic rings. The number of rotatable bonds is 2. The van der Waals surface area contributed by atoms with Gasteiger partial charge in [0.05, 0.1) is 17.4 Å². The van der Waals surface area contributed by atoms with Gasteiger partial charge in [0.25, 0.3) is 0 Å². The zero-order valence-corrected chi connectivity index (χ0v) is 10.7. The number of fused-ring (bicyclic) bond motifs is 1. The van der Waals surface area contributed by atoms with Crippen LogP contribution in [0.15, 0.2) is 56.5 Å². The molecule has 0 amide bonds. The molecule has 0 saturated carbocycles. The molecule has 0 bridgehead atoms. The second-order valence-corrected chi connectivity index (χ2v) is 4.54. The molecule has 0 fully saturated rings. The molecule has 6 heteroatoms. The highest BCUT2D eigenvalue weighted by molar-refractivity contribution is 5.77. The molecule has 106 valence electrons. The van der Waals surface area contributed by atoms with Crippen LogP contribution in [0.2, 0.25) is 0 Å². The molecule has 0 atom stereocenters. The molecule has 0 aliphatic heterocycles. The lowest BCUT2D eigenvalue weighted by Crippen LogP contribution is -2.25. The van der Waals surface area contributed by atoms with Crippen LogP contribution in [-0.2, 0) is 6.54 Å². The highest BCUT2D eigenvalue weighted by Crippen LogP contribution is 2.12. The van der Waals surface area contributed by atoms with Crippen molar-refractivity contribution >= 4 is 10.9 Å². The van der Waals surface area contributed by atoms with Gasteiger partial charge in [-0.3, -0.25) is 4.57 Å². The van der Waals surface area contributed by atoms with Gasteiger partial charge in [0.2, 0.25) is 0 Å². The monoisotopic (exact) mass is 289 g/mol. The van der Waals surface area contributed by atoms with Crippen LogP contribution in [0.1, 0.15) is 5.56 Å². The maximum absolute atomic E-state index is 13.2. The number of halogens is 2. The van der Waals surface area contributed by atoms with Gasteiger partial charge >= 0.3 is 11.4 Å². The van der Waals surface area contributed by atoms with Crippen molar-refractivity contribution in [1.29, 1.82) is 0 Å². The summed E-state index contributed by atoms with van der Waals surface area (Å²) in [6, 6.07) is 9.37. The fourth-order valence-corrected chi connectivity index (χ4v) is 2.20. The minimum atomic E-state index is -0.872. The lowest BCUT2D eigenvalue weighted by Gasteiger charge is -2.08. The molecule has 0 N–H and O–H groups in total. The summed E-state index contributed by atoms with van der Waals surface area (Å²) < 4.78 is 32.2. The van der Waals surface area contributed by atoms with Gasteiger partial charge in [-0.15, -0.1) is 0 Å². The van der Waals surface area contributed by atoms with Gasteiger partial charge in [0.1, 0.15) is 11.6 Å². The molecule has 0 aliphatic carbocycles. The van der Waals surface area contributed by atoms with E-state index < -0.39 is 23.0 Å². The minimum Gasteiger partial charge on any atom is -0.372 e. The van der Waals surface area contributed by atoms with Gasteiger partial charge in [-0.25, -0.2) is 18.4 Å². The Bertz CT molecular complexity index is 923. The maximum atomic E-state index is 13.2. The Hall–Kier alpha value is -2.76. The summed E-state index contributed by atoms with van der Waals surface area (Å²) in [5.74, 6) is -2.34. The van der Waals surface area contributed by atoms with Crippen molar-refractivity contribution in [2.75, 3.05) is 0 Å². The van der Waals surface area contributed by atoms with Gasteiger partial charge in [-0.1, -0.05) is 12.1 Å². The summed E-state index contributed by atoms with van der Waals surface area (Å²) in [6.45, 7) is -0.0994. The van der Waals surface area contributed by atoms with Crippen molar-refractivity contribution in [3.8, 4) is 0 Å². The van der Waals surface area contributed by atoms with Crippen LogP contribution in [-0.4, -0.2) is 4.57 Å². The third kappa shape index (κ3) is 2.47. The number of hydrogen-bond acceptors (Lipinski definition) is 3. The van der Waals surface area contributed by atoms with Crippen LogP contribution in [0, 0.1) is 11.6 Å². The molecule has 0 saturated heterocycles. The number of para-hydroxylation sites is 1. The summed E-state index contributed by atoms with van der Waals surface area (Å²) in [6.07, 6.45) is 0. The average molecular weight is 289 g/mol. The summed E-state index contributed by atoms with van der Waals surface area (Å²) >= 11 is 0. The number of benzene rings is 2. The standard InChI is InChI=1S/C15H9F2NO3/c16-10-5-9(6-11(17)7-10)8-18-13-4-2-1-3-12(13)14(19)21-15(18)20/h1-7H,8H2. The van der Waals surface area contributed by atoms with Crippen molar-refractivity contribution in [1.82, 2.24) is 4.57 Å². The van der Waals surface area contributed by atoms with E-state index in [0.29, 0.717) is 5.52 Å². The summed E-state index contributed by atoms with van der Waals surface area (Å²) in [4.78, 5) is 23.4. The Morgan fingerprint density at radius 1 is 1.00 bits per heavy atom. The quantitative estimate of drug-likeness (QED) is 0.727. The van der Waals surface area contributed by atoms with E-state index in [1.807, 2.05) is 0 Å². The smallest absolute Gasteiger partial charge is 0.372 e. The molecule has 1 heterocycles. The first-order valence-electron chi connectivity index (χ1n) is 6.12. The molecular formula is C15H9F2NO3. The Balaban J connectivity index is 2.21. The largest absolute Gasteiger partial charge is 0.422 e. The van der Waals surface area contributed by atoms with Crippen LogP contribution in [0.4, 0.5) is 8.78 Å². The Labute approximate surface area is 116 Å². The van der Waals surface area contributed by atoms with E-state index in [0.717, 1.165) is 22.8 Å². The SMILES string of the molecule is O=c1oc(=O)n(Cc2cc(F)cc(F)c2)c2ccccc12. The van der Waals surface area contributed by atoms with E-state index in [1.54, 1.807) is 18.2 Å². The summed E-state index contributed by atoms with van der Waals surface area (Å²) in [5, 5.41) is 0.231. The second kappa shape index (κ2) is 4.97. The molecular weight excluding hydrogens is 280 g/mol. The molecule has 21 heavy (non-hydrogen) atoms. The number of nitrogens with zero attached hydrogens (tertiary/aromatic N) is 1. The lowest BCUT2D eigenvalue weighted by molar-refractivity contribution is 0.424. The van der Waals surface area contributed by atoms with Crippen LogP contribution >= 0.6 is 0 Å². The van der Waals surface area contributed by atoms with E-state index in [-0.39, 0.29) is 17.5 Å². The van der Waals surface area contributed by atoms with Crippen LogP contribution < -0.4 is 11.4 Å². The molecule has 0 unspecified atom stereocenters. The lowest BCUT2D eigenvalue weighted by atomic mass is 10.2. The third-order valence-corrected chi connectivity index (χ3v) is 3.08. The second-order valence-electron chi connectivity index (χ2n) is 4.54. The van der Waals surface area contributed by atoms with E-state index in [2.05, 4.69) is 4.42 Å². The van der Waals surface area contributed by atoms with E-state index in [1.165, 1.54) is 6.07 Å². The fraction of sp³-hybridized carbons (Fsp3) is 0.0667. The predicted octanol–water partition coefficient (Wildman–Crippen LogP) is 2.28. The van der Waals surface area contributed by atoms with Crippen molar-refractivity contribution < 1.29 is 13.2 Å². The van der Waals surface area contributed by atoms with Crippen LogP contribution in [0.3, 0.4) is 0 Å². The van der Waals surface area contributed by atoms with Gasteiger partial charge in [0.15, 0.2) is 0 Å². The summed E-state index contributed by atoms with van der Waals surface area (Å²) in [5.41, 5.74) is -0.130. The van der Waals surface area contributed by atoms with Crippen molar-refractivity contribution in [3.63, 3.8) is 0 Å². The first-order valence-corrected chi connectivity index (χ1v) is 6.12. The molecule has 0 radical (unpaired) electrons. The van der Waals surface area contributed by atoms with Crippen LogP contribution in [0.25, 0.3) is 10.9 Å². The highest BCUT2D eigenvalue weighted by Gasteiger charge is 2.10. The normalized spacial score (nSPS) is 11.0. The molecule has 4 nitrogen and oxygen atoms in total. The Morgan fingerprint density at radius 2 is 1.67 bits per heavy atom. The van der Waals surface area contributed by atoms with E-state index in [4.69, 9.17) is 0 Å². The van der Waals surface area contributed by atoms with Crippen molar-refractivity contribution in [3.05, 3.63) is 80.6 Å². The van der Waals surface area contributed by atoms with Crippen molar-refractivity contribution in [2.45, 2.75) is 6.54 Å². The van der Waals surface area contributed by atoms with Gasteiger partial charge in [0, 0.05) is 6.07 Å². The average Bonchev–Trinajstić information content (AvgIpc) is 2.42. The molecule has 2 aromatic carbocycles. The fourth-order valence-electron chi connectivity index (χ4n) is 2.20. The van der Waals surface area contributed by atoms with Crippen LogP contribution in [0.5, 0.6) is 0 Å². The highest BCUT2D eigenvalue weighted by atomic mass is 19.1. The Morgan fingerprint density at radius 3 is 2.38 bits per heavy atom. The van der Waals surface area contributed by atoms with E-state index in [9.17, 15) is 18.4 Å². The Kier molecular flexibility index (Phi) is 3.13. The number of aromatic nitrogens is 1. The number of hydrogen-bond donors (Lipinski definition) is 0. The third-order valence-electron chi connectivity index (χ3n) is 3.08. The van der Waals surface area contributed by atoms with Crippen molar-refractivity contribution in [2.24, 2.45) is 0 Å². The molecule has 3 rings (SSSR count). The summed E-state index contributed by atoms with van der Waals surface area (Å²) in [7, 11) is 0. The topological polar surface area (TPSA) is 52.2 Å². The predicted molar refractivity (Wildman–Crippen MR) is 72.2 cm³/mol. The van der Waals surface area contributed by atoms with E-state index >= 15 is 0 Å². The molecule has 0 spiro atoms. The van der Waals surface area contributed by atoms with Gasteiger partial charge < -0.3 is 4.42 Å². The van der Waals surface area contributed by atoms with Gasteiger partial charge in [-0.2, -0.15) is 0 Å². The molecule has 3 aromatic rings. The van der Waals surface area contributed by atoms with Gasteiger partial charge in [-0.05, 0) is 29.8 Å².